The number of carboxylic acid groups (broad SMARTS) is 2. The maximum Gasteiger partial charge on any atom is 0.321 e. The Bertz CT molecular complexity index is 445. The predicted molar refractivity (Wildman–Crippen MR) is 71.9 cm³/mol. The van der Waals surface area contributed by atoms with Gasteiger partial charge in [-0.05, 0) is 18.5 Å². The summed E-state index contributed by atoms with van der Waals surface area (Å²) in [5, 5.41) is 16.0. The van der Waals surface area contributed by atoms with E-state index in [0.717, 1.165) is 12.0 Å². The highest BCUT2D eigenvalue weighted by molar-refractivity contribution is 5.80. The molecular formula is C13H17N2O5. The van der Waals surface area contributed by atoms with Crippen molar-refractivity contribution in [2.45, 2.75) is 18.9 Å². The number of carbonyl (C=O) groups excluding carboxylic acids is 1. The molecule has 0 heterocycles. The summed E-state index contributed by atoms with van der Waals surface area (Å²) in [6.07, 6.45) is 2.14. The van der Waals surface area contributed by atoms with Crippen molar-refractivity contribution in [1.29, 1.82) is 0 Å². The Labute approximate surface area is 116 Å². The second-order valence-corrected chi connectivity index (χ2v) is 3.88. The number of carboxylic acids is 2. The van der Waals surface area contributed by atoms with Gasteiger partial charge in [0.2, 0.25) is 6.29 Å². The molecule has 0 unspecified atom stereocenters. The molecule has 6 N–H and O–H groups in total. The number of benzene rings is 1. The van der Waals surface area contributed by atoms with E-state index in [4.69, 9.17) is 21.7 Å². The Kier molecular flexibility index (Phi) is 8.56. The smallest absolute Gasteiger partial charge is 0.321 e. The fraction of sp³-hybridized carbons (Fsp3) is 0.308. The van der Waals surface area contributed by atoms with Crippen LogP contribution in [0.4, 0.5) is 0 Å². The Balaban J connectivity index is 0.000000370. The number of aliphatic carboxylic acids is 2. The van der Waals surface area contributed by atoms with Crippen LogP contribution in [0.3, 0.4) is 0 Å². The summed E-state index contributed by atoms with van der Waals surface area (Å²) < 4.78 is 0. The Morgan fingerprint density at radius 3 is 2.05 bits per heavy atom. The Morgan fingerprint density at radius 1 is 1.20 bits per heavy atom. The highest BCUT2D eigenvalue weighted by atomic mass is 16.4. The summed E-state index contributed by atoms with van der Waals surface area (Å²) in [5.74, 6) is -2.50. The number of carbonyl (C=O) groups is 2. The molecule has 1 aromatic carbocycles. The number of nitrogens with two attached hydrogens (primary N) is 2. The minimum absolute atomic E-state index is 0.532. The summed E-state index contributed by atoms with van der Waals surface area (Å²) in [4.78, 5) is 29.7. The van der Waals surface area contributed by atoms with E-state index in [-0.39, 0.29) is 0 Å². The van der Waals surface area contributed by atoms with Crippen LogP contribution in [-0.4, -0.2) is 41.0 Å². The Morgan fingerprint density at radius 2 is 1.75 bits per heavy atom. The zero-order chi connectivity index (χ0) is 15.5. The van der Waals surface area contributed by atoms with Gasteiger partial charge < -0.3 is 21.7 Å². The van der Waals surface area contributed by atoms with Crippen molar-refractivity contribution in [3.8, 4) is 0 Å². The van der Waals surface area contributed by atoms with Crippen molar-refractivity contribution in [1.82, 2.24) is 0 Å². The molecule has 1 rings (SSSR count). The highest BCUT2D eigenvalue weighted by Crippen LogP contribution is 2.01. The van der Waals surface area contributed by atoms with E-state index in [0.29, 0.717) is 12.1 Å². The topological polar surface area (TPSA) is 144 Å². The van der Waals surface area contributed by atoms with E-state index in [1.807, 2.05) is 18.4 Å². The molecule has 7 nitrogen and oxygen atoms in total. The molecule has 0 aromatic heterocycles. The average molecular weight is 281 g/mol. The fourth-order valence-corrected chi connectivity index (χ4v) is 1.18. The molecule has 1 aromatic rings. The van der Waals surface area contributed by atoms with Gasteiger partial charge in [-0.25, -0.2) is 0 Å². The van der Waals surface area contributed by atoms with Crippen molar-refractivity contribution in [3.05, 3.63) is 35.4 Å². The van der Waals surface area contributed by atoms with Crippen LogP contribution in [0.1, 0.15) is 17.5 Å². The van der Waals surface area contributed by atoms with Crippen molar-refractivity contribution < 1.29 is 24.6 Å². The van der Waals surface area contributed by atoms with Crippen LogP contribution in [-0.2, 0) is 20.8 Å². The lowest BCUT2D eigenvalue weighted by Gasteiger charge is -1.99. The molecule has 7 heteroatoms. The molecule has 0 aliphatic rings. The first-order valence-corrected chi connectivity index (χ1v) is 5.78. The normalized spacial score (nSPS) is 10.9. The van der Waals surface area contributed by atoms with Gasteiger partial charge in [0.05, 0.1) is 6.42 Å². The van der Waals surface area contributed by atoms with Gasteiger partial charge in [-0.2, -0.15) is 0 Å². The summed E-state index contributed by atoms with van der Waals surface area (Å²) in [6, 6.07) is 6.00. The number of rotatable bonds is 6. The van der Waals surface area contributed by atoms with Crippen LogP contribution >= 0.6 is 0 Å². The standard InChI is InChI=1S/C9H10NO.C4H7NO4/c10-6-5-8-1-3-9(7-11)4-2-8;5-2(4(8)9)1-3(6)7/h1-4H,5-6,10H2;2H,1,5H2,(H,6,7)(H,8,9)/t;2-/m.0/s1. The van der Waals surface area contributed by atoms with Crippen LogP contribution in [0.15, 0.2) is 24.3 Å². The second kappa shape index (κ2) is 9.65. The van der Waals surface area contributed by atoms with Crippen LogP contribution < -0.4 is 11.5 Å². The molecule has 20 heavy (non-hydrogen) atoms. The molecule has 1 atom stereocenters. The fourth-order valence-electron chi connectivity index (χ4n) is 1.18. The van der Waals surface area contributed by atoms with Crippen LogP contribution in [0.2, 0.25) is 0 Å². The first-order chi connectivity index (χ1) is 9.40. The second-order valence-electron chi connectivity index (χ2n) is 3.88. The third-order valence-electron chi connectivity index (χ3n) is 2.22. The van der Waals surface area contributed by atoms with Gasteiger partial charge in [-0.3, -0.25) is 14.4 Å². The van der Waals surface area contributed by atoms with E-state index in [1.54, 1.807) is 12.1 Å². The van der Waals surface area contributed by atoms with E-state index < -0.39 is 24.4 Å². The van der Waals surface area contributed by atoms with E-state index in [1.165, 1.54) is 0 Å². The molecule has 109 valence electrons. The molecule has 0 amide bonds. The van der Waals surface area contributed by atoms with Crippen molar-refractivity contribution in [3.63, 3.8) is 0 Å². The minimum Gasteiger partial charge on any atom is -0.481 e. The molecule has 0 bridgehead atoms. The summed E-state index contributed by atoms with van der Waals surface area (Å²) >= 11 is 0. The van der Waals surface area contributed by atoms with E-state index in [9.17, 15) is 14.4 Å². The molecule has 0 fully saturated rings. The van der Waals surface area contributed by atoms with Gasteiger partial charge in [0.1, 0.15) is 6.04 Å². The maximum atomic E-state index is 10.1. The zero-order valence-electron chi connectivity index (χ0n) is 10.8. The lowest BCUT2D eigenvalue weighted by Crippen LogP contribution is -2.32. The van der Waals surface area contributed by atoms with Crippen molar-refractivity contribution in [2.75, 3.05) is 6.54 Å². The van der Waals surface area contributed by atoms with Gasteiger partial charge in [-0.15, -0.1) is 0 Å². The number of hydrogen-bond donors (Lipinski definition) is 4. The third-order valence-corrected chi connectivity index (χ3v) is 2.22. The summed E-state index contributed by atoms with van der Waals surface area (Å²) in [7, 11) is 0. The summed E-state index contributed by atoms with van der Waals surface area (Å²) in [5.41, 5.74) is 11.9. The first kappa shape index (κ1) is 17.8. The maximum absolute atomic E-state index is 10.1. The quantitative estimate of drug-likeness (QED) is 0.551. The van der Waals surface area contributed by atoms with Crippen LogP contribution in [0, 0.1) is 0 Å². The van der Waals surface area contributed by atoms with Gasteiger partial charge >= 0.3 is 11.9 Å². The molecule has 0 saturated carbocycles. The SMILES string of the molecule is NCCc1ccc([C]=O)cc1.N[C@@H](CC(=O)O)C(=O)O. The highest BCUT2D eigenvalue weighted by Gasteiger charge is 2.14. The van der Waals surface area contributed by atoms with Gasteiger partial charge in [0.25, 0.3) is 0 Å². The lowest BCUT2D eigenvalue weighted by molar-refractivity contribution is -0.144. The van der Waals surface area contributed by atoms with E-state index in [2.05, 4.69) is 0 Å². The molecule has 0 spiro atoms. The predicted octanol–water partition coefficient (Wildman–Crippen LogP) is -0.481. The minimum atomic E-state index is -1.29. The molecule has 0 aliphatic heterocycles. The average Bonchev–Trinajstić information content (AvgIpc) is 2.40. The number of hydrogen-bond acceptors (Lipinski definition) is 5. The molecule has 1 radical (unpaired) electrons. The van der Waals surface area contributed by atoms with Gasteiger partial charge in [-0.1, -0.05) is 24.3 Å². The molecular weight excluding hydrogens is 264 g/mol. The zero-order valence-corrected chi connectivity index (χ0v) is 10.8. The van der Waals surface area contributed by atoms with Gasteiger partial charge in [0, 0.05) is 5.56 Å². The van der Waals surface area contributed by atoms with Gasteiger partial charge in [0.15, 0.2) is 0 Å². The van der Waals surface area contributed by atoms with Crippen LogP contribution in [0.5, 0.6) is 0 Å². The van der Waals surface area contributed by atoms with Crippen molar-refractivity contribution in [2.24, 2.45) is 11.5 Å². The van der Waals surface area contributed by atoms with Crippen molar-refractivity contribution >= 4 is 18.2 Å². The molecule has 0 saturated heterocycles. The molecule has 0 aliphatic carbocycles. The third kappa shape index (κ3) is 7.96. The monoisotopic (exact) mass is 281 g/mol. The Hall–Kier alpha value is -2.25. The largest absolute Gasteiger partial charge is 0.481 e. The van der Waals surface area contributed by atoms with Crippen LogP contribution in [0.25, 0.3) is 0 Å². The van der Waals surface area contributed by atoms with E-state index >= 15 is 0 Å². The lowest BCUT2D eigenvalue weighted by atomic mass is 10.1. The first-order valence-electron chi connectivity index (χ1n) is 5.78. The summed E-state index contributed by atoms with van der Waals surface area (Å²) in [6.45, 7) is 0.643.